The predicted molar refractivity (Wildman–Crippen MR) is 99.9 cm³/mol. The molecule has 1 N–H and O–H groups in total. The van der Waals surface area contributed by atoms with Crippen LogP contribution in [0.1, 0.15) is 18.7 Å². The number of nitrogens with zero attached hydrogens (tertiary/aromatic N) is 5. The lowest BCUT2D eigenvalue weighted by atomic mass is 10.2. The summed E-state index contributed by atoms with van der Waals surface area (Å²) in [6, 6.07) is 9.75. The molecule has 134 valence electrons. The van der Waals surface area contributed by atoms with Crippen molar-refractivity contribution in [1.29, 1.82) is 0 Å². The van der Waals surface area contributed by atoms with Crippen molar-refractivity contribution in [3.8, 4) is 0 Å². The minimum Gasteiger partial charge on any atom is -0.342 e. The van der Waals surface area contributed by atoms with Crippen LogP contribution in [0.5, 0.6) is 0 Å². The second-order valence-electron chi connectivity index (χ2n) is 6.47. The second-order valence-corrected chi connectivity index (χ2v) is 6.47. The van der Waals surface area contributed by atoms with Crippen LogP contribution in [0, 0.1) is 0 Å². The highest BCUT2D eigenvalue weighted by Crippen LogP contribution is 2.14. The first-order valence-electron chi connectivity index (χ1n) is 9.03. The van der Waals surface area contributed by atoms with Crippen molar-refractivity contribution in [2.45, 2.75) is 19.3 Å². The van der Waals surface area contributed by atoms with Gasteiger partial charge >= 0.3 is 0 Å². The van der Waals surface area contributed by atoms with E-state index in [0.29, 0.717) is 19.4 Å². The molecule has 1 aromatic carbocycles. The van der Waals surface area contributed by atoms with Gasteiger partial charge < -0.3 is 14.8 Å². The summed E-state index contributed by atoms with van der Waals surface area (Å²) < 4.78 is 0. The van der Waals surface area contributed by atoms with E-state index in [4.69, 9.17) is 0 Å². The Balaban J connectivity index is 1.33. The van der Waals surface area contributed by atoms with Gasteiger partial charge in [0.05, 0.1) is 11.0 Å². The molecule has 1 aliphatic rings. The average molecular weight is 350 g/mol. The first-order valence-corrected chi connectivity index (χ1v) is 9.03. The van der Waals surface area contributed by atoms with Gasteiger partial charge in [0.15, 0.2) is 0 Å². The topological polar surface area (TPSA) is 78.0 Å². The summed E-state index contributed by atoms with van der Waals surface area (Å²) in [6.07, 6.45) is 5.54. The Morgan fingerprint density at radius 3 is 2.73 bits per heavy atom. The number of aryl methyl sites for hydroxylation is 1. The zero-order valence-corrected chi connectivity index (χ0v) is 14.6. The molecule has 7 nitrogen and oxygen atoms in total. The van der Waals surface area contributed by atoms with E-state index >= 15 is 0 Å². The molecule has 26 heavy (non-hydrogen) atoms. The summed E-state index contributed by atoms with van der Waals surface area (Å²) in [7, 11) is 0. The minimum atomic E-state index is 0.182. The number of hydrogen-bond acceptors (Lipinski definition) is 5. The summed E-state index contributed by atoms with van der Waals surface area (Å²) in [6.45, 7) is 3.12. The molecule has 2 aromatic heterocycles. The van der Waals surface area contributed by atoms with E-state index in [1.54, 1.807) is 12.4 Å². The van der Waals surface area contributed by atoms with Gasteiger partial charge in [0, 0.05) is 51.4 Å². The van der Waals surface area contributed by atoms with Gasteiger partial charge in [-0.05, 0) is 24.6 Å². The van der Waals surface area contributed by atoms with Crippen molar-refractivity contribution >= 4 is 22.9 Å². The Labute approximate surface area is 152 Å². The summed E-state index contributed by atoms with van der Waals surface area (Å²) in [5.41, 5.74) is 1.96. The number of imidazole rings is 1. The highest BCUT2D eigenvalue weighted by Gasteiger charge is 2.20. The maximum atomic E-state index is 12.6. The molecule has 3 aromatic rings. The Bertz CT molecular complexity index is 845. The smallest absolute Gasteiger partial charge is 0.225 e. The zero-order valence-electron chi connectivity index (χ0n) is 14.6. The number of anilines is 1. The molecule has 1 amide bonds. The number of carbonyl (C=O) groups is 1. The molecular formula is C19H22N6O. The standard InChI is InChI=1S/C19H22N6O/c26-18(8-7-17-22-15-5-1-2-6-16(15)23-17)24-11-4-12-25(14-13-24)19-20-9-3-10-21-19/h1-3,5-6,9-10H,4,7-8,11-14H2,(H,22,23). The summed E-state index contributed by atoms with van der Waals surface area (Å²) in [5.74, 6) is 1.79. The van der Waals surface area contributed by atoms with E-state index in [-0.39, 0.29) is 5.91 Å². The number of rotatable bonds is 4. The van der Waals surface area contributed by atoms with Gasteiger partial charge in [-0.2, -0.15) is 0 Å². The predicted octanol–water partition coefficient (Wildman–Crippen LogP) is 2.02. The third-order valence-corrected chi connectivity index (χ3v) is 4.70. The van der Waals surface area contributed by atoms with Crippen molar-refractivity contribution in [1.82, 2.24) is 24.8 Å². The fraction of sp³-hybridized carbons (Fsp3) is 0.368. The van der Waals surface area contributed by atoms with Crippen LogP contribution in [0.4, 0.5) is 5.95 Å². The van der Waals surface area contributed by atoms with Gasteiger partial charge in [-0.15, -0.1) is 0 Å². The van der Waals surface area contributed by atoms with Gasteiger partial charge in [-0.3, -0.25) is 4.79 Å². The maximum absolute atomic E-state index is 12.6. The highest BCUT2D eigenvalue weighted by molar-refractivity contribution is 5.77. The molecule has 3 heterocycles. The second kappa shape index (κ2) is 7.51. The summed E-state index contributed by atoms with van der Waals surface area (Å²) in [4.78, 5) is 33.2. The van der Waals surface area contributed by atoms with Crippen molar-refractivity contribution in [3.63, 3.8) is 0 Å². The first kappa shape index (κ1) is 16.5. The summed E-state index contributed by atoms with van der Waals surface area (Å²) >= 11 is 0. The monoisotopic (exact) mass is 350 g/mol. The molecule has 1 saturated heterocycles. The van der Waals surface area contributed by atoms with Gasteiger partial charge in [0.2, 0.25) is 11.9 Å². The number of nitrogens with one attached hydrogen (secondary N) is 1. The first-order chi connectivity index (χ1) is 12.8. The third kappa shape index (κ3) is 3.66. The molecule has 0 radical (unpaired) electrons. The normalized spacial score (nSPS) is 15.2. The van der Waals surface area contributed by atoms with E-state index in [1.807, 2.05) is 35.2 Å². The third-order valence-electron chi connectivity index (χ3n) is 4.70. The molecule has 0 saturated carbocycles. The molecule has 0 unspecified atom stereocenters. The lowest BCUT2D eigenvalue weighted by Gasteiger charge is -2.22. The van der Waals surface area contributed by atoms with Crippen molar-refractivity contribution in [2.24, 2.45) is 0 Å². The molecule has 4 rings (SSSR count). The number of fused-ring (bicyclic) bond motifs is 1. The maximum Gasteiger partial charge on any atom is 0.225 e. The number of aromatic nitrogens is 4. The van der Waals surface area contributed by atoms with Crippen molar-refractivity contribution in [2.75, 3.05) is 31.1 Å². The molecule has 0 spiro atoms. The summed E-state index contributed by atoms with van der Waals surface area (Å²) in [5, 5.41) is 0. The molecule has 1 fully saturated rings. The van der Waals surface area contributed by atoms with Crippen molar-refractivity contribution in [3.05, 3.63) is 48.5 Å². The molecule has 7 heteroatoms. The van der Waals surface area contributed by atoms with Gasteiger partial charge in [-0.1, -0.05) is 12.1 Å². The lowest BCUT2D eigenvalue weighted by Crippen LogP contribution is -2.35. The van der Waals surface area contributed by atoms with Gasteiger partial charge in [0.1, 0.15) is 5.82 Å². The van der Waals surface area contributed by atoms with Crippen LogP contribution in [0.3, 0.4) is 0 Å². The van der Waals surface area contributed by atoms with Crippen LogP contribution in [0.2, 0.25) is 0 Å². The molecule has 0 aliphatic carbocycles. The van der Waals surface area contributed by atoms with Crippen LogP contribution < -0.4 is 4.90 Å². The van der Waals surface area contributed by atoms with E-state index < -0.39 is 0 Å². The Morgan fingerprint density at radius 1 is 1.04 bits per heavy atom. The number of benzene rings is 1. The number of H-pyrrole nitrogens is 1. The Morgan fingerprint density at radius 2 is 1.88 bits per heavy atom. The zero-order chi connectivity index (χ0) is 17.8. The van der Waals surface area contributed by atoms with Gasteiger partial charge in [-0.25, -0.2) is 15.0 Å². The van der Waals surface area contributed by atoms with Crippen LogP contribution in [0.15, 0.2) is 42.7 Å². The fourth-order valence-corrected chi connectivity index (χ4v) is 3.33. The molecule has 1 aliphatic heterocycles. The number of carbonyl (C=O) groups excluding carboxylic acids is 1. The van der Waals surface area contributed by atoms with Gasteiger partial charge in [0.25, 0.3) is 0 Å². The largest absolute Gasteiger partial charge is 0.342 e. The number of hydrogen-bond donors (Lipinski definition) is 1. The lowest BCUT2D eigenvalue weighted by molar-refractivity contribution is -0.130. The highest BCUT2D eigenvalue weighted by atomic mass is 16.2. The minimum absolute atomic E-state index is 0.182. The number of para-hydroxylation sites is 2. The number of aromatic amines is 1. The quantitative estimate of drug-likeness (QED) is 0.779. The van der Waals surface area contributed by atoms with E-state index in [1.165, 1.54) is 0 Å². The van der Waals surface area contributed by atoms with E-state index in [0.717, 1.165) is 48.9 Å². The SMILES string of the molecule is O=C(CCc1nc2ccccc2[nH]1)N1CCCN(c2ncccn2)CC1. The van der Waals surface area contributed by atoms with E-state index in [9.17, 15) is 4.79 Å². The van der Waals surface area contributed by atoms with Crippen LogP contribution in [-0.4, -0.2) is 56.9 Å². The molecule has 0 bridgehead atoms. The van der Waals surface area contributed by atoms with Crippen LogP contribution in [-0.2, 0) is 11.2 Å². The average Bonchev–Trinajstić information content (AvgIpc) is 2.94. The fourth-order valence-electron chi connectivity index (χ4n) is 3.33. The molecule has 0 atom stereocenters. The van der Waals surface area contributed by atoms with Crippen LogP contribution >= 0.6 is 0 Å². The van der Waals surface area contributed by atoms with Crippen LogP contribution in [0.25, 0.3) is 11.0 Å². The Kier molecular flexibility index (Phi) is 4.77. The van der Waals surface area contributed by atoms with Crippen molar-refractivity contribution < 1.29 is 4.79 Å². The molecular weight excluding hydrogens is 328 g/mol. The number of amides is 1. The Hall–Kier alpha value is -2.96. The van der Waals surface area contributed by atoms with E-state index in [2.05, 4.69) is 24.8 Å².